The first-order valence-electron chi connectivity index (χ1n) is 5.54. The third kappa shape index (κ3) is 3.23. The van der Waals surface area contributed by atoms with E-state index in [1.807, 2.05) is 0 Å². The highest BCUT2D eigenvalue weighted by molar-refractivity contribution is 4.80. The minimum Gasteiger partial charge on any atom is -0.393 e. The van der Waals surface area contributed by atoms with Crippen LogP contribution in [0.2, 0.25) is 0 Å². The number of hydrogen-bond acceptors (Lipinski definition) is 3. The van der Waals surface area contributed by atoms with Crippen LogP contribution >= 0.6 is 0 Å². The Morgan fingerprint density at radius 2 is 1.93 bits per heavy atom. The number of likely N-dealkylation sites (N-methyl/N-ethyl adjacent to an activating group) is 1. The van der Waals surface area contributed by atoms with Gasteiger partial charge in [0.25, 0.3) is 0 Å². The lowest BCUT2D eigenvalue weighted by atomic mass is 9.91. The van der Waals surface area contributed by atoms with Gasteiger partial charge in [0.1, 0.15) is 0 Å². The second-order valence-electron chi connectivity index (χ2n) is 4.43. The first kappa shape index (κ1) is 12.0. The fraction of sp³-hybridized carbons (Fsp3) is 1.00. The summed E-state index contributed by atoms with van der Waals surface area (Å²) in [7, 11) is 3.90. The van der Waals surface area contributed by atoms with E-state index in [4.69, 9.17) is 4.74 Å². The van der Waals surface area contributed by atoms with Crippen LogP contribution in [0, 0.1) is 0 Å². The molecule has 1 atom stereocenters. The highest BCUT2D eigenvalue weighted by Crippen LogP contribution is 2.23. The molecule has 1 N–H and O–H groups in total. The maximum absolute atomic E-state index is 9.41. The topological polar surface area (TPSA) is 32.7 Å². The maximum atomic E-state index is 9.41. The molecule has 84 valence electrons. The molecular weight excluding hydrogens is 178 g/mol. The number of aliphatic hydroxyl groups excluding tert-OH is 1. The van der Waals surface area contributed by atoms with Crippen molar-refractivity contribution in [3.8, 4) is 0 Å². The second kappa shape index (κ2) is 5.69. The largest absolute Gasteiger partial charge is 0.393 e. The Labute approximate surface area is 87.1 Å². The maximum Gasteiger partial charge on any atom is 0.0615 e. The van der Waals surface area contributed by atoms with E-state index < -0.39 is 0 Å². The monoisotopic (exact) mass is 201 g/mol. The van der Waals surface area contributed by atoms with Crippen molar-refractivity contribution in [3.63, 3.8) is 0 Å². The Hall–Kier alpha value is -0.120. The number of ether oxygens (including phenoxy) is 1. The summed E-state index contributed by atoms with van der Waals surface area (Å²) in [6.45, 7) is 2.98. The quantitative estimate of drug-likeness (QED) is 0.743. The Balaban J connectivity index is 2.33. The van der Waals surface area contributed by atoms with Crippen molar-refractivity contribution >= 4 is 0 Å². The van der Waals surface area contributed by atoms with E-state index in [0.29, 0.717) is 12.1 Å². The highest BCUT2D eigenvalue weighted by Gasteiger charge is 2.24. The van der Waals surface area contributed by atoms with Gasteiger partial charge in [-0.05, 0) is 39.7 Å². The summed E-state index contributed by atoms with van der Waals surface area (Å²) in [5.74, 6) is 0. The molecule has 0 radical (unpaired) electrons. The van der Waals surface area contributed by atoms with Crippen LogP contribution in [0.15, 0.2) is 0 Å². The van der Waals surface area contributed by atoms with Crippen LogP contribution in [0.4, 0.5) is 0 Å². The predicted molar refractivity (Wildman–Crippen MR) is 57.4 cm³/mol. The molecule has 0 aromatic heterocycles. The molecule has 14 heavy (non-hydrogen) atoms. The van der Waals surface area contributed by atoms with Gasteiger partial charge in [-0.15, -0.1) is 0 Å². The van der Waals surface area contributed by atoms with Gasteiger partial charge in [0, 0.05) is 19.2 Å². The summed E-state index contributed by atoms with van der Waals surface area (Å²) in [5.41, 5.74) is 0. The van der Waals surface area contributed by atoms with Crippen LogP contribution in [-0.4, -0.2) is 49.0 Å². The zero-order valence-electron chi connectivity index (χ0n) is 9.57. The molecule has 0 spiro atoms. The fourth-order valence-electron chi connectivity index (χ4n) is 2.18. The summed E-state index contributed by atoms with van der Waals surface area (Å²) >= 11 is 0. The molecule has 1 aliphatic rings. The van der Waals surface area contributed by atoms with Gasteiger partial charge in [-0.3, -0.25) is 4.90 Å². The lowest BCUT2D eigenvalue weighted by Gasteiger charge is -2.36. The van der Waals surface area contributed by atoms with Crippen molar-refractivity contribution in [3.05, 3.63) is 0 Å². The number of aliphatic hydroxyl groups is 1. The SMILES string of the molecule is COCC(C)N(C)C1CCC(O)CC1. The van der Waals surface area contributed by atoms with Crippen LogP contribution in [0.5, 0.6) is 0 Å². The lowest BCUT2D eigenvalue weighted by molar-refractivity contribution is 0.0449. The Bertz CT molecular complexity index is 155. The molecule has 0 aromatic carbocycles. The van der Waals surface area contributed by atoms with Gasteiger partial charge < -0.3 is 9.84 Å². The van der Waals surface area contributed by atoms with E-state index in [2.05, 4.69) is 18.9 Å². The lowest BCUT2D eigenvalue weighted by Crippen LogP contribution is -2.43. The predicted octanol–water partition coefficient (Wildman–Crippen LogP) is 1.26. The van der Waals surface area contributed by atoms with E-state index >= 15 is 0 Å². The van der Waals surface area contributed by atoms with Gasteiger partial charge in [-0.1, -0.05) is 0 Å². The molecule has 0 heterocycles. The molecule has 0 aromatic rings. The van der Waals surface area contributed by atoms with Gasteiger partial charge in [0.05, 0.1) is 12.7 Å². The Morgan fingerprint density at radius 3 is 2.43 bits per heavy atom. The zero-order chi connectivity index (χ0) is 10.6. The zero-order valence-corrected chi connectivity index (χ0v) is 9.57. The third-order valence-electron chi connectivity index (χ3n) is 3.35. The summed E-state index contributed by atoms with van der Waals surface area (Å²) < 4.78 is 5.15. The molecular formula is C11H23NO2. The molecule has 0 amide bonds. The smallest absolute Gasteiger partial charge is 0.0615 e. The van der Waals surface area contributed by atoms with Crippen molar-refractivity contribution in [2.24, 2.45) is 0 Å². The van der Waals surface area contributed by atoms with Gasteiger partial charge in [0.2, 0.25) is 0 Å². The highest BCUT2D eigenvalue weighted by atomic mass is 16.5. The number of hydrogen-bond donors (Lipinski definition) is 1. The van der Waals surface area contributed by atoms with E-state index in [-0.39, 0.29) is 6.10 Å². The molecule has 3 heteroatoms. The molecule has 1 fully saturated rings. The van der Waals surface area contributed by atoms with Crippen molar-refractivity contribution in [1.29, 1.82) is 0 Å². The molecule has 0 bridgehead atoms. The van der Waals surface area contributed by atoms with Crippen molar-refractivity contribution in [1.82, 2.24) is 4.90 Å². The van der Waals surface area contributed by atoms with Crippen molar-refractivity contribution < 1.29 is 9.84 Å². The minimum absolute atomic E-state index is 0.0580. The standard InChI is InChI=1S/C11H23NO2/c1-9(8-14-3)12(2)10-4-6-11(13)7-5-10/h9-11,13H,4-8H2,1-3H3. The average molecular weight is 201 g/mol. The van der Waals surface area contributed by atoms with Gasteiger partial charge in [-0.25, -0.2) is 0 Å². The van der Waals surface area contributed by atoms with Crippen LogP contribution in [0.3, 0.4) is 0 Å². The minimum atomic E-state index is -0.0580. The second-order valence-corrected chi connectivity index (χ2v) is 4.43. The summed E-state index contributed by atoms with van der Waals surface area (Å²) in [6.07, 6.45) is 4.08. The first-order chi connectivity index (χ1) is 6.65. The number of nitrogens with zero attached hydrogens (tertiary/aromatic N) is 1. The molecule has 1 rings (SSSR count). The third-order valence-corrected chi connectivity index (χ3v) is 3.35. The van der Waals surface area contributed by atoms with Crippen LogP contribution in [-0.2, 0) is 4.74 Å². The number of methoxy groups -OCH3 is 1. The molecule has 1 saturated carbocycles. The van der Waals surface area contributed by atoms with Gasteiger partial charge >= 0.3 is 0 Å². The van der Waals surface area contributed by atoms with Crippen molar-refractivity contribution in [2.75, 3.05) is 20.8 Å². The van der Waals surface area contributed by atoms with Crippen LogP contribution in [0.1, 0.15) is 32.6 Å². The molecule has 1 aliphatic carbocycles. The van der Waals surface area contributed by atoms with E-state index in [9.17, 15) is 5.11 Å². The number of rotatable bonds is 4. The summed E-state index contributed by atoms with van der Waals surface area (Å²) in [4.78, 5) is 2.38. The molecule has 3 nitrogen and oxygen atoms in total. The summed E-state index contributed by atoms with van der Waals surface area (Å²) in [5, 5.41) is 9.41. The van der Waals surface area contributed by atoms with Crippen LogP contribution < -0.4 is 0 Å². The molecule has 0 saturated heterocycles. The first-order valence-corrected chi connectivity index (χ1v) is 5.54. The van der Waals surface area contributed by atoms with E-state index in [0.717, 1.165) is 32.3 Å². The fourth-order valence-corrected chi connectivity index (χ4v) is 2.18. The van der Waals surface area contributed by atoms with Gasteiger partial charge in [-0.2, -0.15) is 0 Å². The Morgan fingerprint density at radius 1 is 1.36 bits per heavy atom. The van der Waals surface area contributed by atoms with Crippen LogP contribution in [0.25, 0.3) is 0 Å². The Kier molecular flexibility index (Phi) is 4.85. The molecule has 0 aliphatic heterocycles. The van der Waals surface area contributed by atoms with E-state index in [1.165, 1.54) is 0 Å². The van der Waals surface area contributed by atoms with Gasteiger partial charge in [0.15, 0.2) is 0 Å². The van der Waals surface area contributed by atoms with Crippen molar-refractivity contribution in [2.45, 2.75) is 50.8 Å². The average Bonchev–Trinajstić information content (AvgIpc) is 2.18. The normalized spacial score (nSPS) is 30.6. The van der Waals surface area contributed by atoms with E-state index in [1.54, 1.807) is 7.11 Å². The molecule has 1 unspecified atom stereocenters. The summed E-state index contributed by atoms with van der Waals surface area (Å²) in [6, 6.07) is 1.10.